The number of rotatable bonds is 7. The molecule has 0 radical (unpaired) electrons. The molecule has 0 unspecified atom stereocenters. The van der Waals surface area contributed by atoms with Gasteiger partial charge in [-0.3, -0.25) is 9.69 Å². The molecular weight excluding hydrogens is 364 g/mol. The topological polar surface area (TPSA) is 50.8 Å². The van der Waals surface area contributed by atoms with Gasteiger partial charge in [0.25, 0.3) is 0 Å². The van der Waals surface area contributed by atoms with Crippen molar-refractivity contribution in [2.75, 3.05) is 19.9 Å². The maximum Gasteiger partial charge on any atom is 0.231 e. The third kappa shape index (κ3) is 4.73. The molecule has 2 aromatic rings. The molecule has 2 aromatic carbocycles. The first-order valence-electron chi connectivity index (χ1n) is 10.6. The van der Waals surface area contributed by atoms with Crippen molar-refractivity contribution >= 4 is 5.91 Å². The minimum absolute atomic E-state index is 0.103. The van der Waals surface area contributed by atoms with Crippen LogP contribution in [0.3, 0.4) is 0 Å². The van der Waals surface area contributed by atoms with E-state index in [1.54, 1.807) is 0 Å². The number of nitrogens with one attached hydrogen (secondary N) is 1. The molecular formula is C24H30N2O3. The van der Waals surface area contributed by atoms with Crippen LogP contribution in [-0.4, -0.2) is 36.7 Å². The lowest BCUT2D eigenvalue weighted by molar-refractivity contribution is -0.121. The van der Waals surface area contributed by atoms with Crippen LogP contribution in [0.25, 0.3) is 0 Å². The van der Waals surface area contributed by atoms with Crippen molar-refractivity contribution in [3.05, 3.63) is 59.2 Å². The minimum Gasteiger partial charge on any atom is -0.454 e. The number of nitrogens with zero attached hydrogens (tertiary/aromatic N) is 1. The number of carbonyl (C=O) groups excluding carboxylic acids is 1. The number of benzene rings is 2. The lowest BCUT2D eigenvalue weighted by Crippen LogP contribution is -2.48. The maximum atomic E-state index is 12.5. The van der Waals surface area contributed by atoms with Crippen molar-refractivity contribution in [3.8, 4) is 11.5 Å². The Kier molecular flexibility index (Phi) is 6.05. The van der Waals surface area contributed by atoms with Gasteiger partial charge in [0, 0.05) is 32.1 Å². The van der Waals surface area contributed by atoms with E-state index in [0.717, 1.165) is 36.6 Å². The van der Waals surface area contributed by atoms with Crippen molar-refractivity contribution < 1.29 is 14.3 Å². The molecule has 0 aromatic heterocycles. The highest BCUT2D eigenvalue weighted by atomic mass is 16.7. The van der Waals surface area contributed by atoms with Crippen LogP contribution < -0.4 is 14.8 Å². The van der Waals surface area contributed by atoms with Gasteiger partial charge in [-0.15, -0.1) is 0 Å². The van der Waals surface area contributed by atoms with Crippen molar-refractivity contribution in [1.29, 1.82) is 0 Å². The lowest BCUT2D eigenvalue weighted by Gasteiger charge is -2.38. The number of ether oxygens (including phenoxy) is 2. The summed E-state index contributed by atoms with van der Waals surface area (Å²) >= 11 is 0. The quantitative estimate of drug-likeness (QED) is 0.780. The summed E-state index contributed by atoms with van der Waals surface area (Å²) in [6.45, 7) is 7.46. The molecule has 0 fully saturated rings. The van der Waals surface area contributed by atoms with E-state index >= 15 is 0 Å². The highest BCUT2D eigenvalue weighted by Gasteiger charge is 2.26. The summed E-state index contributed by atoms with van der Waals surface area (Å²) in [5.41, 5.74) is 3.97. The van der Waals surface area contributed by atoms with Crippen molar-refractivity contribution in [1.82, 2.24) is 10.2 Å². The van der Waals surface area contributed by atoms with Gasteiger partial charge < -0.3 is 14.8 Å². The zero-order valence-electron chi connectivity index (χ0n) is 17.3. The number of amides is 1. The third-order valence-corrected chi connectivity index (χ3v) is 5.98. The highest BCUT2D eigenvalue weighted by Crippen LogP contribution is 2.32. The largest absolute Gasteiger partial charge is 0.454 e. The van der Waals surface area contributed by atoms with Crippen LogP contribution in [0.15, 0.2) is 42.5 Å². The SMILES string of the molecule is CC(C)[C@H](CNC(=O)CCc1ccc2c(c1)OCO2)N1CCc2ccccc2C1. The van der Waals surface area contributed by atoms with Crippen LogP contribution in [0.2, 0.25) is 0 Å². The molecule has 5 nitrogen and oxygen atoms in total. The van der Waals surface area contributed by atoms with Gasteiger partial charge in [0.15, 0.2) is 11.5 Å². The summed E-state index contributed by atoms with van der Waals surface area (Å²) < 4.78 is 10.8. The predicted octanol–water partition coefficient (Wildman–Crippen LogP) is 3.55. The van der Waals surface area contributed by atoms with E-state index in [4.69, 9.17) is 9.47 Å². The Morgan fingerprint density at radius 2 is 1.90 bits per heavy atom. The first kappa shape index (κ1) is 19.8. The smallest absolute Gasteiger partial charge is 0.231 e. The highest BCUT2D eigenvalue weighted by molar-refractivity contribution is 5.76. The Morgan fingerprint density at radius 1 is 1.10 bits per heavy atom. The van der Waals surface area contributed by atoms with E-state index in [2.05, 4.69) is 48.3 Å². The average Bonchev–Trinajstić information content (AvgIpc) is 3.20. The first-order chi connectivity index (χ1) is 14.1. The van der Waals surface area contributed by atoms with Crippen LogP contribution in [0.1, 0.15) is 37.0 Å². The molecule has 29 heavy (non-hydrogen) atoms. The summed E-state index contributed by atoms with van der Waals surface area (Å²) in [6, 6.07) is 14.9. The zero-order chi connectivity index (χ0) is 20.2. The average molecular weight is 395 g/mol. The standard InChI is InChI=1S/C24H30N2O3/c1-17(2)21(26-12-11-19-5-3-4-6-20(19)15-26)14-25-24(27)10-8-18-7-9-22-23(13-18)29-16-28-22/h3-7,9,13,17,21H,8,10-12,14-16H2,1-2H3,(H,25,27)/t21-/m0/s1. The first-order valence-corrected chi connectivity index (χ1v) is 10.6. The Hall–Kier alpha value is -2.53. The van der Waals surface area contributed by atoms with E-state index in [0.29, 0.717) is 31.3 Å². The molecule has 2 aliphatic rings. The van der Waals surface area contributed by atoms with Crippen LogP contribution in [0.5, 0.6) is 11.5 Å². The Morgan fingerprint density at radius 3 is 2.72 bits per heavy atom. The van der Waals surface area contributed by atoms with Crippen LogP contribution in [0.4, 0.5) is 0 Å². The molecule has 154 valence electrons. The Bertz CT molecular complexity index is 865. The molecule has 1 atom stereocenters. The van der Waals surface area contributed by atoms with Gasteiger partial charge in [-0.1, -0.05) is 44.2 Å². The van der Waals surface area contributed by atoms with Crippen molar-refractivity contribution in [2.24, 2.45) is 5.92 Å². The van der Waals surface area contributed by atoms with Gasteiger partial charge in [0.2, 0.25) is 12.7 Å². The molecule has 4 rings (SSSR count). The summed E-state index contributed by atoms with van der Waals surface area (Å²) in [7, 11) is 0. The van der Waals surface area contributed by atoms with Crippen LogP contribution >= 0.6 is 0 Å². The second-order valence-corrected chi connectivity index (χ2v) is 8.29. The van der Waals surface area contributed by atoms with Gasteiger partial charge in [0.1, 0.15) is 0 Å². The number of hydrogen-bond acceptors (Lipinski definition) is 4. The molecule has 1 N–H and O–H groups in total. The number of fused-ring (bicyclic) bond motifs is 2. The number of carbonyl (C=O) groups is 1. The third-order valence-electron chi connectivity index (χ3n) is 5.98. The van der Waals surface area contributed by atoms with E-state index < -0.39 is 0 Å². The van der Waals surface area contributed by atoms with Crippen LogP contribution in [-0.2, 0) is 24.2 Å². The molecule has 0 spiro atoms. The van der Waals surface area contributed by atoms with E-state index in [-0.39, 0.29) is 12.7 Å². The molecule has 2 heterocycles. The van der Waals surface area contributed by atoms with Gasteiger partial charge in [-0.05, 0) is 47.6 Å². The summed E-state index contributed by atoms with van der Waals surface area (Å²) in [5, 5.41) is 3.17. The summed E-state index contributed by atoms with van der Waals surface area (Å²) in [4.78, 5) is 15.0. The normalized spacial score (nSPS) is 16.5. The van der Waals surface area contributed by atoms with Gasteiger partial charge >= 0.3 is 0 Å². The van der Waals surface area contributed by atoms with Crippen molar-refractivity contribution in [3.63, 3.8) is 0 Å². The van der Waals surface area contributed by atoms with E-state index in [9.17, 15) is 4.79 Å². The molecule has 1 amide bonds. The number of hydrogen-bond donors (Lipinski definition) is 1. The van der Waals surface area contributed by atoms with E-state index in [1.165, 1.54) is 11.1 Å². The fraction of sp³-hybridized carbons (Fsp3) is 0.458. The monoisotopic (exact) mass is 394 g/mol. The number of aryl methyl sites for hydroxylation is 1. The Labute approximate surface area is 173 Å². The molecule has 0 aliphatic carbocycles. The molecule has 0 saturated carbocycles. The van der Waals surface area contributed by atoms with Crippen molar-refractivity contribution in [2.45, 2.75) is 45.7 Å². The van der Waals surface area contributed by atoms with Crippen LogP contribution in [0, 0.1) is 5.92 Å². The molecule has 2 aliphatic heterocycles. The fourth-order valence-electron chi connectivity index (χ4n) is 4.25. The lowest BCUT2D eigenvalue weighted by atomic mass is 9.95. The second kappa shape index (κ2) is 8.87. The predicted molar refractivity (Wildman–Crippen MR) is 113 cm³/mol. The molecule has 0 saturated heterocycles. The van der Waals surface area contributed by atoms with Gasteiger partial charge in [-0.2, -0.15) is 0 Å². The Balaban J connectivity index is 1.29. The molecule has 5 heteroatoms. The minimum atomic E-state index is 0.103. The maximum absolute atomic E-state index is 12.5. The summed E-state index contributed by atoms with van der Waals surface area (Å²) in [5.74, 6) is 2.13. The summed E-state index contributed by atoms with van der Waals surface area (Å²) in [6.07, 6.45) is 2.26. The van der Waals surface area contributed by atoms with Gasteiger partial charge in [-0.25, -0.2) is 0 Å². The second-order valence-electron chi connectivity index (χ2n) is 8.29. The van der Waals surface area contributed by atoms with Gasteiger partial charge in [0.05, 0.1) is 0 Å². The van der Waals surface area contributed by atoms with E-state index in [1.807, 2.05) is 18.2 Å². The molecule has 0 bridgehead atoms. The zero-order valence-corrected chi connectivity index (χ0v) is 17.3. The fourth-order valence-corrected chi connectivity index (χ4v) is 4.25.